The molecule has 0 saturated carbocycles. The summed E-state index contributed by atoms with van der Waals surface area (Å²) in [6.07, 6.45) is 6.79. The lowest BCUT2D eigenvalue weighted by Gasteiger charge is -2.26. The van der Waals surface area contributed by atoms with Gasteiger partial charge in [0, 0.05) is 24.7 Å². The maximum atomic E-state index is 13.4. The molecule has 1 aliphatic carbocycles. The van der Waals surface area contributed by atoms with E-state index in [0.717, 1.165) is 50.5 Å². The Bertz CT molecular complexity index is 1330. The fourth-order valence-corrected chi connectivity index (χ4v) is 6.51. The monoisotopic (exact) mass is 494 g/mol. The Kier molecular flexibility index (Phi) is 6.71. The minimum atomic E-state index is -3.81. The third kappa shape index (κ3) is 5.01. The van der Waals surface area contributed by atoms with Crippen LogP contribution < -0.4 is 4.72 Å². The molecule has 8 nitrogen and oxygen atoms in total. The van der Waals surface area contributed by atoms with Gasteiger partial charge in [0.1, 0.15) is 0 Å². The summed E-state index contributed by atoms with van der Waals surface area (Å²) in [6.45, 7) is 3.12. The molecular formula is C26H30N4O4S. The fourth-order valence-electron chi connectivity index (χ4n) is 4.99. The van der Waals surface area contributed by atoms with Gasteiger partial charge < -0.3 is 9.42 Å². The molecule has 1 aliphatic heterocycles. The van der Waals surface area contributed by atoms with E-state index in [1.165, 1.54) is 5.56 Å². The molecule has 0 bridgehead atoms. The Morgan fingerprint density at radius 2 is 1.83 bits per heavy atom. The normalized spacial score (nSPS) is 18.7. The van der Waals surface area contributed by atoms with E-state index < -0.39 is 10.0 Å². The van der Waals surface area contributed by atoms with Gasteiger partial charge in [-0.1, -0.05) is 54.4 Å². The summed E-state index contributed by atoms with van der Waals surface area (Å²) < 4.78 is 35.0. The lowest BCUT2D eigenvalue weighted by atomic mass is 9.88. The zero-order valence-corrected chi connectivity index (χ0v) is 20.7. The molecule has 0 spiro atoms. The highest BCUT2D eigenvalue weighted by molar-refractivity contribution is 7.89. The van der Waals surface area contributed by atoms with E-state index in [1.54, 1.807) is 30.0 Å². The number of benzene rings is 2. The maximum absolute atomic E-state index is 13.4. The first kappa shape index (κ1) is 23.7. The van der Waals surface area contributed by atoms with Crippen molar-refractivity contribution < 1.29 is 17.7 Å². The summed E-state index contributed by atoms with van der Waals surface area (Å²) in [5.74, 6) is -0.144. The lowest BCUT2D eigenvalue weighted by molar-refractivity contribution is 0.0711. The van der Waals surface area contributed by atoms with E-state index in [4.69, 9.17) is 4.52 Å². The van der Waals surface area contributed by atoms with Crippen LogP contribution in [0.25, 0.3) is 11.4 Å². The topological polar surface area (TPSA) is 105 Å². The van der Waals surface area contributed by atoms with E-state index in [1.807, 2.05) is 18.2 Å². The molecule has 3 aromatic rings. The number of fused-ring (bicyclic) bond motifs is 1. The summed E-state index contributed by atoms with van der Waals surface area (Å²) in [6, 6.07) is 12.7. The van der Waals surface area contributed by atoms with Crippen LogP contribution >= 0.6 is 0 Å². The Labute approximate surface area is 205 Å². The molecule has 1 atom stereocenters. The van der Waals surface area contributed by atoms with Gasteiger partial charge in [-0.05, 0) is 61.8 Å². The van der Waals surface area contributed by atoms with E-state index in [2.05, 4.69) is 20.9 Å². The van der Waals surface area contributed by atoms with Crippen molar-refractivity contribution in [2.24, 2.45) is 0 Å². The SMILES string of the molecule is Cc1ccc(-c2noc(C(=O)N3CCCCCC3)n2)cc1S(=O)(=O)N[C@@H]1CCCc2ccccc21. The van der Waals surface area contributed by atoms with E-state index in [9.17, 15) is 13.2 Å². The van der Waals surface area contributed by atoms with Gasteiger partial charge in [0.2, 0.25) is 15.8 Å². The van der Waals surface area contributed by atoms with Gasteiger partial charge in [-0.2, -0.15) is 4.98 Å². The highest BCUT2D eigenvalue weighted by Crippen LogP contribution is 2.32. The average molecular weight is 495 g/mol. The van der Waals surface area contributed by atoms with Crippen molar-refractivity contribution in [3.05, 3.63) is 65.0 Å². The lowest BCUT2D eigenvalue weighted by Crippen LogP contribution is -2.32. The number of aromatic nitrogens is 2. The van der Waals surface area contributed by atoms with Crippen LogP contribution in [0.3, 0.4) is 0 Å². The van der Waals surface area contributed by atoms with Crippen LogP contribution in [0.4, 0.5) is 0 Å². The predicted molar refractivity (Wildman–Crippen MR) is 131 cm³/mol. The summed E-state index contributed by atoms with van der Waals surface area (Å²) in [4.78, 5) is 19.0. The molecule has 0 radical (unpaired) electrons. The molecular weight excluding hydrogens is 464 g/mol. The number of nitrogens with one attached hydrogen (secondary N) is 1. The van der Waals surface area contributed by atoms with Gasteiger partial charge in [0.05, 0.1) is 4.90 Å². The number of carbonyl (C=O) groups excluding carboxylic acids is 1. The van der Waals surface area contributed by atoms with Crippen LogP contribution in [0, 0.1) is 6.92 Å². The molecule has 2 aliphatic rings. The average Bonchev–Trinajstić information content (AvgIpc) is 3.19. The van der Waals surface area contributed by atoms with E-state index in [0.29, 0.717) is 24.2 Å². The fraction of sp³-hybridized carbons (Fsp3) is 0.423. The Morgan fingerprint density at radius 3 is 2.63 bits per heavy atom. The molecule has 1 aromatic heterocycles. The molecule has 2 heterocycles. The van der Waals surface area contributed by atoms with Crippen molar-refractivity contribution in [1.82, 2.24) is 19.8 Å². The first-order valence-corrected chi connectivity index (χ1v) is 13.7. The zero-order chi connectivity index (χ0) is 24.4. The number of likely N-dealkylation sites (tertiary alicyclic amines) is 1. The van der Waals surface area contributed by atoms with Crippen LogP contribution in [0.2, 0.25) is 0 Å². The van der Waals surface area contributed by atoms with Gasteiger partial charge in [-0.15, -0.1) is 0 Å². The van der Waals surface area contributed by atoms with Gasteiger partial charge in [0.15, 0.2) is 0 Å². The Hall–Kier alpha value is -3.04. The second-order valence-electron chi connectivity index (χ2n) is 9.37. The minimum Gasteiger partial charge on any atom is -0.334 e. The summed E-state index contributed by atoms with van der Waals surface area (Å²) in [5, 5.41) is 3.98. The van der Waals surface area contributed by atoms with Crippen molar-refractivity contribution in [3.8, 4) is 11.4 Å². The molecule has 1 saturated heterocycles. The highest BCUT2D eigenvalue weighted by atomic mass is 32.2. The van der Waals surface area contributed by atoms with Crippen molar-refractivity contribution in [1.29, 1.82) is 0 Å². The number of hydrogen-bond donors (Lipinski definition) is 1. The standard InChI is InChI=1S/C26H30N4O4S/c1-18-13-14-20(24-27-25(34-28-24)26(31)30-15-6-2-3-7-16-30)17-23(18)35(32,33)29-22-12-8-10-19-9-4-5-11-21(19)22/h4-5,9,11,13-14,17,22,29H,2-3,6-8,10,12,15-16H2,1H3/t22-/m1/s1. The summed E-state index contributed by atoms with van der Waals surface area (Å²) in [5.41, 5.74) is 3.32. The van der Waals surface area contributed by atoms with E-state index in [-0.39, 0.29) is 28.6 Å². The predicted octanol–water partition coefficient (Wildman–Crippen LogP) is 4.42. The molecule has 1 amide bonds. The molecule has 2 aromatic carbocycles. The first-order chi connectivity index (χ1) is 16.9. The van der Waals surface area contributed by atoms with Crippen molar-refractivity contribution >= 4 is 15.9 Å². The third-order valence-electron chi connectivity index (χ3n) is 6.90. The zero-order valence-electron chi connectivity index (χ0n) is 19.9. The minimum absolute atomic E-state index is 0.0659. The highest BCUT2D eigenvalue weighted by Gasteiger charge is 2.28. The van der Waals surface area contributed by atoms with E-state index >= 15 is 0 Å². The molecule has 9 heteroatoms. The largest absolute Gasteiger partial charge is 0.334 e. The van der Waals surface area contributed by atoms with Crippen LogP contribution in [0.15, 0.2) is 51.9 Å². The smallest absolute Gasteiger partial charge is 0.316 e. The third-order valence-corrected chi connectivity index (χ3v) is 8.52. The van der Waals surface area contributed by atoms with Crippen LogP contribution in [-0.4, -0.2) is 42.5 Å². The summed E-state index contributed by atoms with van der Waals surface area (Å²) in [7, 11) is -3.81. The van der Waals surface area contributed by atoms with Gasteiger partial charge >= 0.3 is 11.8 Å². The van der Waals surface area contributed by atoms with Crippen molar-refractivity contribution in [3.63, 3.8) is 0 Å². The number of rotatable bonds is 5. The number of nitrogens with zero attached hydrogens (tertiary/aromatic N) is 3. The molecule has 5 rings (SSSR count). The number of hydrogen-bond acceptors (Lipinski definition) is 6. The van der Waals surface area contributed by atoms with Crippen molar-refractivity contribution in [2.45, 2.75) is 62.8 Å². The van der Waals surface area contributed by atoms with Gasteiger partial charge in [-0.25, -0.2) is 13.1 Å². The second kappa shape index (κ2) is 9.91. The maximum Gasteiger partial charge on any atom is 0.316 e. The van der Waals surface area contributed by atoms with Gasteiger partial charge in [-0.3, -0.25) is 4.79 Å². The van der Waals surface area contributed by atoms with Crippen LogP contribution in [0.5, 0.6) is 0 Å². The number of carbonyl (C=O) groups is 1. The Morgan fingerprint density at radius 1 is 1.06 bits per heavy atom. The summed E-state index contributed by atoms with van der Waals surface area (Å²) >= 11 is 0. The second-order valence-corrected chi connectivity index (χ2v) is 11.1. The molecule has 0 unspecified atom stereocenters. The van der Waals surface area contributed by atoms with Crippen LogP contribution in [-0.2, 0) is 16.4 Å². The first-order valence-electron chi connectivity index (χ1n) is 12.3. The molecule has 1 fully saturated rings. The van der Waals surface area contributed by atoms with Crippen LogP contribution in [0.1, 0.15) is 71.9 Å². The number of sulfonamides is 1. The molecule has 1 N–H and O–H groups in total. The number of aryl methyl sites for hydroxylation is 2. The number of amides is 1. The quantitative estimate of drug-likeness (QED) is 0.563. The van der Waals surface area contributed by atoms with Gasteiger partial charge in [0.25, 0.3) is 0 Å². The Balaban J connectivity index is 1.39. The van der Waals surface area contributed by atoms with Crippen molar-refractivity contribution in [2.75, 3.05) is 13.1 Å². The molecule has 184 valence electrons. The molecule has 35 heavy (non-hydrogen) atoms.